The smallest absolute Gasteiger partial charge is 0.326 e. The second-order valence-corrected chi connectivity index (χ2v) is 6.92. The van der Waals surface area contributed by atoms with Crippen LogP contribution in [-0.2, 0) is 16.1 Å². The van der Waals surface area contributed by atoms with Gasteiger partial charge in [0.25, 0.3) is 5.91 Å². The van der Waals surface area contributed by atoms with Crippen molar-refractivity contribution < 1.29 is 30.1 Å². The highest BCUT2D eigenvalue weighted by Crippen LogP contribution is 2.22. The van der Waals surface area contributed by atoms with E-state index in [-0.39, 0.29) is 40.0 Å². The Bertz CT molecular complexity index is 1220. The minimum atomic E-state index is -1.59. The van der Waals surface area contributed by atoms with Gasteiger partial charge in [0.1, 0.15) is 6.04 Å². The summed E-state index contributed by atoms with van der Waals surface area (Å²) < 4.78 is 0. The number of hydrogen-bond acceptors (Lipinski definition) is 10. The number of anilines is 3. The maximum absolute atomic E-state index is 12.3. The van der Waals surface area contributed by atoms with E-state index in [1.54, 1.807) is 6.07 Å². The quantitative estimate of drug-likeness (QED) is 0.243. The van der Waals surface area contributed by atoms with Gasteiger partial charge in [-0.25, -0.2) is 14.8 Å². The van der Waals surface area contributed by atoms with Crippen LogP contribution in [0.25, 0.3) is 11.2 Å². The largest absolute Gasteiger partial charge is 0.481 e. The molecule has 0 fully saturated rings. The number of aliphatic carboxylic acids is 2. The van der Waals surface area contributed by atoms with Gasteiger partial charge in [0.05, 0.1) is 35.4 Å². The van der Waals surface area contributed by atoms with Gasteiger partial charge >= 0.3 is 11.9 Å². The lowest BCUT2D eigenvalue weighted by Crippen LogP contribution is -2.42. The third-order valence-corrected chi connectivity index (χ3v) is 4.48. The molecule has 2 heterocycles. The first-order valence-electron chi connectivity index (χ1n) is 8.97. The fraction of sp³-hybridized carbons (Fsp3) is 0.167. The van der Waals surface area contributed by atoms with E-state index in [4.69, 9.17) is 33.3 Å². The number of nitrogens with one attached hydrogen (secondary N) is 2. The number of benzene rings is 1. The molecule has 14 nitrogen and oxygen atoms in total. The van der Waals surface area contributed by atoms with Crippen molar-refractivity contribution in [1.29, 1.82) is 0 Å². The zero-order valence-electron chi connectivity index (χ0n) is 16.7. The van der Waals surface area contributed by atoms with Crippen molar-refractivity contribution in [1.82, 2.24) is 25.3 Å². The van der Waals surface area contributed by atoms with Gasteiger partial charge in [-0.1, -0.05) is 11.6 Å². The molecule has 1 aromatic carbocycles. The number of nitrogens with zero attached hydrogens (tertiary/aromatic N) is 4. The fourth-order valence-electron chi connectivity index (χ4n) is 2.68. The Labute approximate surface area is 190 Å². The van der Waals surface area contributed by atoms with Gasteiger partial charge in [0.2, 0.25) is 5.95 Å². The highest BCUT2D eigenvalue weighted by molar-refractivity contribution is 6.34. The summed E-state index contributed by atoms with van der Waals surface area (Å²) in [5.74, 6) is -3.56. The van der Waals surface area contributed by atoms with Crippen molar-refractivity contribution in [3.63, 3.8) is 0 Å². The predicted molar refractivity (Wildman–Crippen MR) is 117 cm³/mol. The SMILES string of the molecule is Nc1nc(N)c2nc(CNc3ccc(C(=O)N[C@@H](CC(=O)O)C(=O)O)c(Cl)c3)cnc2n1.O. The zero-order valence-corrected chi connectivity index (χ0v) is 17.5. The molecule has 33 heavy (non-hydrogen) atoms. The monoisotopic (exact) mass is 478 g/mol. The molecule has 0 bridgehead atoms. The molecule has 2 aromatic heterocycles. The minimum absolute atomic E-state index is 0. The number of carbonyl (C=O) groups excluding carboxylic acids is 1. The molecular formula is C18H19ClN8O6. The molecule has 0 saturated heterocycles. The first-order chi connectivity index (χ1) is 15.1. The van der Waals surface area contributed by atoms with Crippen molar-refractivity contribution >= 4 is 58.1 Å². The van der Waals surface area contributed by atoms with E-state index in [0.717, 1.165) is 0 Å². The lowest BCUT2D eigenvalue weighted by Gasteiger charge is -2.14. The highest BCUT2D eigenvalue weighted by Gasteiger charge is 2.24. The van der Waals surface area contributed by atoms with E-state index in [0.29, 0.717) is 16.9 Å². The van der Waals surface area contributed by atoms with E-state index in [2.05, 4.69) is 30.6 Å². The molecular weight excluding hydrogens is 460 g/mol. The number of amides is 1. The number of carboxylic acid groups (broad SMARTS) is 2. The molecule has 3 rings (SSSR count). The molecule has 174 valence electrons. The van der Waals surface area contributed by atoms with Gasteiger partial charge < -0.3 is 37.8 Å². The van der Waals surface area contributed by atoms with E-state index >= 15 is 0 Å². The van der Waals surface area contributed by atoms with E-state index in [1.807, 2.05) is 0 Å². The molecule has 0 aliphatic rings. The molecule has 0 unspecified atom stereocenters. The van der Waals surface area contributed by atoms with Crippen LogP contribution in [0.3, 0.4) is 0 Å². The summed E-state index contributed by atoms with van der Waals surface area (Å²) in [5.41, 5.74) is 12.9. The molecule has 0 spiro atoms. The summed E-state index contributed by atoms with van der Waals surface area (Å²) in [6.45, 7) is 0.230. The number of carboxylic acids is 2. The Morgan fingerprint density at radius 1 is 1.12 bits per heavy atom. The third kappa shape index (κ3) is 6.11. The van der Waals surface area contributed by atoms with Crippen LogP contribution in [0.5, 0.6) is 0 Å². The topological polar surface area (TPSA) is 251 Å². The van der Waals surface area contributed by atoms with Crippen molar-refractivity contribution in [2.24, 2.45) is 0 Å². The van der Waals surface area contributed by atoms with Gasteiger partial charge in [-0.3, -0.25) is 9.59 Å². The number of nitrogens with two attached hydrogens (primary N) is 2. The first-order valence-corrected chi connectivity index (χ1v) is 9.35. The van der Waals surface area contributed by atoms with E-state index in [9.17, 15) is 14.4 Å². The molecule has 0 saturated carbocycles. The Kier molecular flexibility index (Phi) is 7.82. The highest BCUT2D eigenvalue weighted by atomic mass is 35.5. The van der Waals surface area contributed by atoms with Crippen LogP contribution in [0.15, 0.2) is 24.4 Å². The summed E-state index contributed by atoms with van der Waals surface area (Å²) in [5, 5.41) is 23.0. The molecule has 3 aromatic rings. The van der Waals surface area contributed by atoms with Gasteiger partial charge in [-0.2, -0.15) is 9.97 Å². The van der Waals surface area contributed by atoms with Gasteiger partial charge in [-0.05, 0) is 18.2 Å². The Hall–Kier alpha value is -4.30. The van der Waals surface area contributed by atoms with Crippen molar-refractivity contribution in [3.05, 3.63) is 40.7 Å². The zero-order chi connectivity index (χ0) is 23.4. The summed E-state index contributed by atoms with van der Waals surface area (Å²) in [6, 6.07) is 2.78. The second kappa shape index (κ2) is 10.3. The van der Waals surface area contributed by atoms with Crippen molar-refractivity contribution in [2.75, 3.05) is 16.8 Å². The van der Waals surface area contributed by atoms with E-state index < -0.39 is 30.3 Å². The number of hydrogen-bond donors (Lipinski definition) is 6. The van der Waals surface area contributed by atoms with Gasteiger partial charge in [-0.15, -0.1) is 0 Å². The van der Waals surface area contributed by atoms with Gasteiger partial charge in [0.15, 0.2) is 17.0 Å². The van der Waals surface area contributed by atoms with Crippen LogP contribution >= 0.6 is 11.6 Å². The summed E-state index contributed by atoms with van der Waals surface area (Å²) in [4.78, 5) is 50.5. The fourth-order valence-corrected chi connectivity index (χ4v) is 2.95. The minimum Gasteiger partial charge on any atom is -0.481 e. The van der Waals surface area contributed by atoms with Crippen molar-refractivity contribution in [2.45, 2.75) is 19.0 Å². The van der Waals surface area contributed by atoms with E-state index in [1.165, 1.54) is 18.3 Å². The molecule has 1 amide bonds. The van der Waals surface area contributed by atoms with Crippen LogP contribution in [0.4, 0.5) is 17.5 Å². The summed E-state index contributed by atoms with van der Waals surface area (Å²) in [6.07, 6.45) is 0.715. The molecule has 15 heteroatoms. The number of rotatable bonds is 8. The third-order valence-electron chi connectivity index (χ3n) is 4.17. The molecule has 1 atom stereocenters. The lowest BCUT2D eigenvalue weighted by atomic mass is 10.1. The van der Waals surface area contributed by atoms with Crippen molar-refractivity contribution in [3.8, 4) is 0 Å². The Morgan fingerprint density at radius 3 is 2.48 bits per heavy atom. The Morgan fingerprint density at radius 2 is 1.85 bits per heavy atom. The second-order valence-electron chi connectivity index (χ2n) is 6.51. The number of aromatic nitrogens is 4. The van der Waals surface area contributed by atoms with Crippen LogP contribution in [0, 0.1) is 0 Å². The predicted octanol–water partition coefficient (Wildman–Crippen LogP) is -0.317. The van der Waals surface area contributed by atoms with Gasteiger partial charge in [0, 0.05) is 5.69 Å². The van der Waals surface area contributed by atoms with Crippen LogP contribution in [0.1, 0.15) is 22.5 Å². The normalized spacial score (nSPS) is 11.3. The average Bonchev–Trinajstić information content (AvgIpc) is 2.71. The lowest BCUT2D eigenvalue weighted by molar-refractivity contribution is -0.145. The molecule has 10 N–H and O–H groups in total. The first kappa shape index (κ1) is 25.0. The standard InChI is InChI=1S/C18H17ClN8O5.H2O/c19-10-3-7(1-2-9(10)16(30)25-11(17(31)32)4-12(28)29)22-5-8-6-23-15-13(24-8)14(20)26-18(21)27-15;/h1-3,6,11,22H,4-5H2,(H,25,30)(H,28,29)(H,31,32)(H4,20,21,23,26,27);1H2/t11-;/m0./s1. The van der Waals surface area contributed by atoms with Crippen LogP contribution in [-0.4, -0.2) is 59.5 Å². The summed E-state index contributed by atoms with van der Waals surface area (Å²) in [7, 11) is 0. The number of carbonyl (C=O) groups is 3. The maximum atomic E-state index is 12.3. The molecule has 0 aliphatic heterocycles. The molecule has 0 aliphatic carbocycles. The number of halogens is 1. The van der Waals surface area contributed by atoms with Crippen LogP contribution < -0.4 is 22.1 Å². The molecule has 0 radical (unpaired) electrons. The Balaban J connectivity index is 0.00000385. The summed E-state index contributed by atoms with van der Waals surface area (Å²) >= 11 is 6.15. The number of fused-ring (bicyclic) bond motifs is 1. The van der Waals surface area contributed by atoms with Crippen LogP contribution in [0.2, 0.25) is 5.02 Å². The average molecular weight is 479 g/mol. The maximum Gasteiger partial charge on any atom is 0.326 e. The number of nitrogen functional groups attached to an aromatic ring is 2.